The maximum atomic E-state index is 10.2. The number of rotatable bonds is 4. The Morgan fingerprint density at radius 1 is 1.05 bits per heavy atom. The van der Waals surface area contributed by atoms with Gasteiger partial charge in [0.2, 0.25) is 5.88 Å². The zero-order valence-corrected chi connectivity index (χ0v) is 12.6. The summed E-state index contributed by atoms with van der Waals surface area (Å²) in [6, 6.07) is 9.98. The number of aromatic nitrogens is 2. The first-order valence-electron chi connectivity index (χ1n) is 7.80. The Hall–Kier alpha value is -1.81. The second-order valence-corrected chi connectivity index (χ2v) is 5.78. The van der Waals surface area contributed by atoms with Crippen molar-refractivity contribution < 1.29 is 5.11 Å². The summed E-state index contributed by atoms with van der Waals surface area (Å²) in [5.41, 5.74) is 2.92. The van der Waals surface area contributed by atoms with Gasteiger partial charge >= 0.3 is 0 Å². The second-order valence-electron chi connectivity index (χ2n) is 5.78. The average molecular weight is 285 g/mol. The van der Waals surface area contributed by atoms with Crippen LogP contribution in [0.4, 0.5) is 0 Å². The molecule has 1 aromatic carbocycles. The molecule has 1 aromatic heterocycles. The van der Waals surface area contributed by atoms with E-state index in [0.29, 0.717) is 0 Å². The SMILES string of the molecule is Cc1c(-c2ccccc2)c(O)nn1CCN1CCCCC1. The average Bonchev–Trinajstić information content (AvgIpc) is 2.81. The molecule has 1 fully saturated rings. The summed E-state index contributed by atoms with van der Waals surface area (Å²) < 4.78 is 1.94. The van der Waals surface area contributed by atoms with E-state index in [1.165, 1.54) is 32.4 Å². The van der Waals surface area contributed by atoms with Gasteiger partial charge in [0.1, 0.15) is 0 Å². The molecule has 2 aromatic rings. The van der Waals surface area contributed by atoms with Gasteiger partial charge in [0, 0.05) is 12.2 Å². The molecule has 0 atom stereocenters. The van der Waals surface area contributed by atoms with Crippen LogP contribution < -0.4 is 0 Å². The summed E-state index contributed by atoms with van der Waals surface area (Å²) >= 11 is 0. The molecule has 4 heteroatoms. The van der Waals surface area contributed by atoms with Crippen LogP contribution in [0.5, 0.6) is 5.88 Å². The highest BCUT2D eigenvalue weighted by Crippen LogP contribution is 2.31. The van der Waals surface area contributed by atoms with Crippen molar-refractivity contribution in [2.24, 2.45) is 0 Å². The molecule has 0 bridgehead atoms. The molecule has 0 amide bonds. The highest BCUT2D eigenvalue weighted by Gasteiger charge is 2.16. The first-order valence-corrected chi connectivity index (χ1v) is 7.80. The molecule has 2 heterocycles. The first-order chi connectivity index (χ1) is 10.3. The van der Waals surface area contributed by atoms with E-state index in [1.54, 1.807) is 0 Å². The molecule has 0 radical (unpaired) electrons. The standard InChI is InChI=1S/C17H23N3O/c1-14-16(15-8-4-2-5-9-15)17(21)18-20(14)13-12-19-10-6-3-7-11-19/h2,4-5,8-9H,3,6-7,10-13H2,1H3,(H,18,21). The Morgan fingerprint density at radius 2 is 1.76 bits per heavy atom. The summed E-state index contributed by atoms with van der Waals surface area (Å²) in [4.78, 5) is 2.49. The van der Waals surface area contributed by atoms with Crippen molar-refractivity contribution in [3.8, 4) is 17.0 Å². The van der Waals surface area contributed by atoms with Crippen LogP contribution in [0.3, 0.4) is 0 Å². The number of benzene rings is 1. The molecule has 21 heavy (non-hydrogen) atoms. The summed E-state index contributed by atoms with van der Waals surface area (Å²) in [5.74, 6) is 0.136. The maximum Gasteiger partial charge on any atom is 0.238 e. The molecule has 1 N–H and O–H groups in total. The van der Waals surface area contributed by atoms with Crippen LogP contribution in [0, 0.1) is 6.92 Å². The van der Waals surface area contributed by atoms with Crippen molar-refractivity contribution in [3.05, 3.63) is 36.0 Å². The normalized spacial score (nSPS) is 16.2. The fourth-order valence-corrected chi connectivity index (χ4v) is 3.11. The molecule has 112 valence electrons. The van der Waals surface area contributed by atoms with Crippen molar-refractivity contribution in [2.75, 3.05) is 19.6 Å². The van der Waals surface area contributed by atoms with Gasteiger partial charge in [0.05, 0.1) is 12.1 Å². The Morgan fingerprint density at radius 3 is 2.48 bits per heavy atom. The summed E-state index contributed by atoms with van der Waals surface area (Å²) in [5, 5.41) is 14.5. The van der Waals surface area contributed by atoms with Gasteiger partial charge in [-0.15, -0.1) is 5.10 Å². The summed E-state index contributed by atoms with van der Waals surface area (Å²) in [6.07, 6.45) is 3.97. The fourth-order valence-electron chi connectivity index (χ4n) is 3.11. The van der Waals surface area contributed by atoms with Crippen molar-refractivity contribution in [2.45, 2.75) is 32.7 Å². The van der Waals surface area contributed by atoms with Crippen LogP contribution in [0.1, 0.15) is 25.0 Å². The van der Waals surface area contributed by atoms with E-state index in [-0.39, 0.29) is 5.88 Å². The zero-order valence-electron chi connectivity index (χ0n) is 12.6. The van der Waals surface area contributed by atoms with Gasteiger partial charge in [0.25, 0.3) is 0 Å². The second kappa shape index (κ2) is 6.31. The molecule has 0 unspecified atom stereocenters. The van der Waals surface area contributed by atoms with Crippen molar-refractivity contribution in [1.82, 2.24) is 14.7 Å². The lowest BCUT2D eigenvalue weighted by atomic mass is 10.1. The fraction of sp³-hybridized carbons (Fsp3) is 0.471. The molecule has 0 aliphatic carbocycles. The molecule has 0 spiro atoms. The van der Waals surface area contributed by atoms with Crippen LogP contribution in [-0.2, 0) is 6.54 Å². The minimum absolute atomic E-state index is 0.136. The quantitative estimate of drug-likeness (QED) is 0.938. The van der Waals surface area contributed by atoms with Crippen LogP contribution in [-0.4, -0.2) is 39.4 Å². The Bertz CT molecular complexity index is 586. The van der Waals surface area contributed by atoms with Crippen LogP contribution in [0.2, 0.25) is 0 Å². The first kappa shape index (κ1) is 14.1. The largest absolute Gasteiger partial charge is 0.492 e. The molecule has 1 saturated heterocycles. The van der Waals surface area contributed by atoms with Crippen molar-refractivity contribution in [1.29, 1.82) is 0 Å². The van der Waals surface area contributed by atoms with Gasteiger partial charge in [-0.1, -0.05) is 36.8 Å². The van der Waals surface area contributed by atoms with E-state index < -0.39 is 0 Å². The van der Waals surface area contributed by atoms with Gasteiger partial charge < -0.3 is 10.0 Å². The molecule has 3 rings (SSSR count). The van der Waals surface area contributed by atoms with Crippen LogP contribution in [0.25, 0.3) is 11.1 Å². The van der Waals surface area contributed by atoms with Gasteiger partial charge in [-0.05, 0) is 38.4 Å². The predicted octanol–water partition coefficient (Wildman–Crippen LogP) is 3.05. The van der Waals surface area contributed by atoms with Crippen molar-refractivity contribution in [3.63, 3.8) is 0 Å². The van der Waals surface area contributed by atoms with Gasteiger partial charge in [0.15, 0.2) is 0 Å². The van der Waals surface area contributed by atoms with E-state index in [9.17, 15) is 5.11 Å². The van der Waals surface area contributed by atoms with Gasteiger partial charge in [-0.2, -0.15) is 0 Å². The molecular weight excluding hydrogens is 262 g/mol. The maximum absolute atomic E-state index is 10.2. The molecule has 0 saturated carbocycles. The Labute approximate surface area is 126 Å². The predicted molar refractivity (Wildman–Crippen MR) is 84.4 cm³/mol. The third-order valence-electron chi connectivity index (χ3n) is 4.33. The Kier molecular flexibility index (Phi) is 4.25. The van der Waals surface area contributed by atoms with Gasteiger partial charge in [-0.25, -0.2) is 0 Å². The number of nitrogens with zero attached hydrogens (tertiary/aromatic N) is 3. The van der Waals surface area contributed by atoms with Crippen LogP contribution >= 0.6 is 0 Å². The lowest BCUT2D eigenvalue weighted by Crippen LogP contribution is -2.32. The van der Waals surface area contributed by atoms with E-state index in [4.69, 9.17) is 0 Å². The highest BCUT2D eigenvalue weighted by atomic mass is 16.3. The van der Waals surface area contributed by atoms with E-state index in [0.717, 1.165) is 29.9 Å². The molecule has 1 aliphatic rings. The Balaban J connectivity index is 1.75. The number of hydrogen-bond donors (Lipinski definition) is 1. The third kappa shape index (κ3) is 3.10. The van der Waals surface area contributed by atoms with E-state index >= 15 is 0 Å². The number of piperidine rings is 1. The zero-order chi connectivity index (χ0) is 14.7. The minimum Gasteiger partial charge on any atom is -0.492 e. The monoisotopic (exact) mass is 285 g/mol. The topological polar surface area (TPSA) is 41.3 Å². The lowest BCUT2D eigenvalue weighted by Gasteiger charge is -2.26. The summed E-state index contributed by atoms with van der Waals surface area (Å²) in [6.45, 7) is 6.27. The lowest BCUT2D eigenvalue weighted by molar-refractivity contribution is 0.217. The van der Waals surface area contributed by atoms with Crippen molar-refractivity contribution >= 4 is 0 Å². The minimum atomic E-state index is 0.136. The van der Waals surface area contributed by atoms with E-state index in [1.807, 2.05) is 41.9 Å². The summed E-state index contributed by atoms with van der Waals surface area (Å²) in [7, 11) is 0. The molecule has 4 nitrogen and oxygen atoms in total. The number of aromatic hydroxyl groups is 1. The van der Waals surface area contributed by atoms with E-state index in [2.05, 4.69) is 10.00 Å². The highest BCUT2D eigenvalue weighted by molar-refractivity contribution is 5.70. The molecule has 1 aliphatic heterocycles. The van der Waals surface area contributed by atoms with Gasteiger partial charge in [-0.3, -0.25) is 4.68 Å². The smallest absolute Gasteiger partial charge is 0.238 e. The van der Waals surface area contributed by atoms with Crippen LogP contribution in [0.15, 0.2) is 30.3 Å². The number of likely N-dealkylation sites (tertiary alicyclic amines) is 1. The third-order valence-corrected chi connectivity index (χ3v) is 4.33. The number of hydrogen-bond acceptors (Lipinski definition) is 3. The molecular formula is C17H23N3O.